The van der Waals surface area contributed by atoms with Crippen LogP contribution in [0.3, 0.4) is 0 Å². The molecule has 1 radical (unpaired) electrons. The fourth-order valence-electron chi connectivity index (χ4n) is 1.80. The van der Waals surface area contributed by atoms with E-state index in [4.69, 9.17) is 0 Å². The molecule has 0 aromatic heterocycles. The van der Waals surface area contributed by atoms with E-state index in [1.165, 1.54) is 11.1 Å². The number of hydrogen-bond acceptors (Lipinski definition) is 1. The standard InChI is InChI=1S/C11H15O.Co.2HI/c1-7-8(2)10(6-12)11(4,5)9(7)3;;;/h1-5H3;;2*1H/q-1;;;. The van der Waals surface area contributed by atoms with Crippen LogP contribution in [0, 0.1) is 5.41 Å². The van der Waals surface area contributed by atoms with Crippen LogP contribution in [0.4, 0.5) is 0 Å². The predicted octanol–water partition coefficient (Wildman–Crippen LogP) is 4.02. The van der Waals surface area contributed by atoms with Crippen molar-refractivity contribution in [3.8, 4) is 0 Å². The van der Waals surface area contributed by atoms with E-state index in [1.54, 1.807) is 0 Å². The molecule has 1 nitrogen and oxygen atoms in total. The minimum atomic E-state index is -0.101. The number of halogens is 2. The van der Waals surface area contributed by atoms with Crippen LogP contribution in [0.25, 0.3) is 0 Å². The molecule has 0 N–H and O–H groups in total. The van der Waals surface area contributed by atoms with Gasteiger partial charge in [0.25, 0.3) is 0 Å². The zero-order chi connectivity index (χ0) is 9.52. The minimum absolute atomic E-state index is 0. The molecular weight excluding hydrogens is 461 g/mol. The van der Waals surface area contributed by atoms with Crippen molar-refractivity contribution >= 4 is 54.2 Å². The van der Waals surface area contributed by atoms with Crippen molar-refractivity contribution in [2.75, 3.05) is 0 Å². The van der Waals surface area contributed by atoms with Crippen molar-refractivity contribution in [3.63, 3.8) is 0 Å². The molecule has 15 heavy (non-hydrogen) atoms. The van der Waals surface area contributed by atoms with Crippen molar-refractivity contribution in [1.82, 2.24) is 0 Å². The first kappa shape index (κ1) is 21.4. The minimum Gasteiger partial charge on any atom is -0.419 e. The van der Waals surface area contributed by atoms with Gasteiger partial charge in [0.2, 0.25) is 0 Å². The summed E-state index contributed by atoms with van der Waals surface area (Å²) in [5.74, 6) is 0. The zero-order valence-electron chi connectivity index (χ0n) is 9.56. The summed E-state index contributed by atoms with van der Waals surface area (Å²) in [6, 6.07) is 0. The van der Waals surface area contributed by atoms with Gasteiger partial charge in [0.15, 0.2) is 0 Å². The molecule has 0 spiro atoms. The van der Waals surface area contributed by atoms with Gasteiger partial charge >= 0.3 is 0 Å². The summed E-state index contributed by atoms with van der Waals surface area (Å²) in [5, 5.41) is 0. The Morgan fingerprint density at radius 2 is 1.40 bits per heavy atom. The second-order valence-electron chi connectivity index (χ2n) is 3.98. The molecule has 0 aromatic rings. The van der Waals surface area contributed by atoms with E-state index in [9.17, 15) is 4.79 Å². The van der Waals surface area contributed by atoms with Crippen molar-refractivity contribution in [2.24, 2.45) is 5.41 Å². The molecule has 0 amide bonds. The second-order valence-corrected chi connectivity index (χ2v) is 3.98. The summed E-state index contributed by atoms with van der Waals surface area (Å²) in [4.78, 5) is 10.7. The van der Waals surface area contributed by atoms with Gasteiger partial charge in [-0.05, 0) is 18.6 Å². The molecule has 4 heteroatoms. The first-order chi connectivity index (χ1) is 5.42. The van der Waals surface area contributed by atoms with Gasteiger partial charge in [0.1, 0.15) is 0 Å². The Morgan fingerprint density at radius 1 is 1.00 bits per heavy atom. The maximum Gasteiger partial charge on any atom is 0 e. The molecule has 0 saturated carbocycles. The van der Waals surface area contributed by atoms with Crippen LogP contribution >= 0.6 is 48.0 Å². The van der Waals surface area contributed by atoms with Gasteiger partial charge in [-0.1, -0.05) is 26.3 Å². The van der Waals surface area contributed by atoms with Gasteiger partial charge in [-0.2, -0.15) is 11.1 Å². The maximum absolute atomic E-state index is 10.7. The van der Waals surface area contributed by atoms with Gasteiger partial charge in [-0.15, -0.1) is 60.5 Å². The van der Waals surface area contributed by atoms with Gasteiger partial charge in [0, 0.05) is 16.8 Å². The molecule has 0 aliphatic heterocycles. The van der Waals surface area contributed by atoms with E-state index >= 15 is 0 Å². The molecule has 0 atom stereocenters. The molecule has 1 aliphatic carbocycles. The van der Waals surface area contributed by atoms with Crippen molar-refractivity contribution < 1.29 is 21.6 Å². The monoisotopic (exact) mass is 478 g/mol. The summed E-state index contributed by atoms with van der Waals surface area (Å²) in [6.07, 6.45) is 2.05. The molecule has 0 unspecified atom stereocenters. The van der Waals surface area contributed by atoms with Crippen molar-refractivity contribution in [3.05, 3.63) is 22.3 Å². The fourth-order valence-corrected chi connectivity index (χ4v) is 1.80. The summed E-state index contributed by atoms with van der Waals surface area (Å²) < 4.78 is 0. The Morgan fingerprint density at radius 3 is 1.53 bits per heavy atom. The molecular formula is C11H17CoI2O-. The average molecular weight is 478 g/mol. The van der Waals surface area contributed by atoms with E-state index < -0.39 is 0 Å². The van der Waals surface area contributed by atoms with Crippen LogP contribution in [-0.2, 0) is 21.6 Å². The molecule has 1 rings (SSSR count). The number of rotatable bonds is 1. The molecule has 1 aliphatic rings. The second kappa shape index (κ2) is 7.44. The predicted molar refractivity (Wildman–Crippen MR) is 81.4 cm³/mol. The number of carbonyl (C=O) groups excluding carboxylic acids is 1. The van der Waals surface area contributed by atoms with E-state index in [2.05, 4.69) is 34.0 Å². The Kier molecular flexibility index (Phi) is 10.6. The van der Waals surface area contributed by atoms with Gasteiger partial charge in [-0.3, -0.25) is 0 Å². The van der Waals surface area contributed by atoms with Crippen LogP contribution in [0.2, 0.25) is 0 Å². The Labute approximate surface area is 137 Å². The number of hydrogen-bond donors (Lipinski definition) is 0. The zero-order valence-corrected chi connectivity index (χ0v) is 15.3. The van der Waals surface area contributed by atoms with Gasteiger partial charge in [-0.25, -0.2) is 0 Å². The van der Waals surface area contributed by atoms with E-state index in [1.807, 2.05) is 6.92 Å². The Bertz CT molecular complexity index is 304. The Hall–Kier alpha value is 1.12. The van der Waals surface area contributed by atoms with Crippen LogP contribution in [-0.4, -0.2) is 6.29 Å². The molecule has 0 bridgehead atoms. The first-order valence-electron chi connectivity index (χ1n) is 4.20. The summed E-state index contributed by atoms with van der Waals surface area (Å²) in [6.45, 7) is 10.3. The molecule has 0 aromatic carbocycles. The molecule has 0 saturated heterocycles. The summed E-state index contributed by atoms with van der Waals surface area (Å²) in [5.41, 5.74) is 4.36. The quantitative estimate of drug-likeness (QED) is 0.412. The van der Waals surface area contributed by atoms with Crippen LogP contribution < -0.4 is 0 Å². The van der Waals surface area contributed by atoms with E-state index in [0.717, 1.165) is 11.1 Å². The van der Waals surface area contributed by atoms with E-state index in [-0.39, 0.29) is 70.1 Å². The van der Waals surface area contributed by atoms with Crippen LogP contribution in [0.15, 0.2) is 22.3 Å². The van der Waals surface area contributed by atoms with Crippen molar-refractivity contribution in [1.29, 1.82) is 0 Å². The van der Waals surface area contributed by atoms with Gasteiger partial charge < -0.3 is 4.79 Å². The normalized spacial score (nSPS) is 17.7. The molecule has 91 valence electrons. The third kappa shape index (κ3) is 3.54. The number of allylic oxidation sites excluding steroid dienone is 4. The van der Waals surface area contributed by atoms with Crippen molar-refractivity contribution in [2.45, 2.75) is 34.6 Å². The topological polar surface area (TPSA) is 17.1 Å². The van der Waals surface area contributed by atoms with Gasteiger partial charge in [0.05, 0.1) is 0 Å². The maximum atomic E-state index is 10.7. The van der Waals surface area contributed by atoms with E-state index in [0.29, 0.717) is 0 Å². The summed E-state index contributed by atoms with van der Waals surface area (Å²) >= 11 is 0. The largest absolute Gasteiger partial charge is 0.419 e. The SMILES string of the molecule is CC1=C(C)C(C)(C)C([C-]=O)=C1C.I.I.[Co]. The molecule has 0 fully saturated rings. The fraction of sp³-hybridized carbons (Fsp3) is 0.545. The molecule has 0 heterocycles. The average Bonchev–Trinajstić information content (AvgIpc) is 2.13. The third-order valence-electron chi connectivity index (χ3n) is 3.16. The van der Waals surface area contributed by atoms with Crippen LogP contribution in [0.1, 0.15) is 34.6 Å². The first-order valence-corrected chi connectivity index (χ1v) is 4.20. The Balaban J connectivity index is -0.000000480. The smallest absolute Gasteiger partial charge is 0 e. The summed E-state index contributed by atoms with van der Waals surface area (Å²) in [7, 11) is 0. The third-order valence-corrected chi connectivity index (χ3v) is 3.16. The van der Waals surface area contributed by atoms with Crippen LogP contribution in [0.5, 0.6) is 0 Å².